The number of thioether (sulfide) groups is 1. The summed E-state index contributed by atoms with van der Waals surface area (Å²) in [5.41, 5.74) is 3.79. The van der Waals surface area contributed by atoms with E-state index in [1.807, 2.05) is 27.7 Å². The Labute approximate surface area is 139 Å². The van der Waals surface area contributed by atoms with Crippen LogP contribution in [0.5, 0.6) is 0 Å². The lowest BCUT2D eigenvalue weighted by molar-refractivity contribution is -0.120. The number of hydrogen-bond donors (Lipinski definition) is 1. The minimum atomic E-state index is -0.308. The van der Waals surface area contributed by atoms with Crippen LogP contribution in [0.2, 0.25) is 0 Å². The van der Waals surface area contributed by atoms with Crippen LogP contribution in [0.4, 0.5) is 4.39 Å². The van der Waals surface area contributed by atoms with Crippen molar-refractivity contribution in [3.8, 4) is 0 Å². The fourth-order valence-electron chi connectivity index (χ4n) is 1.94. The maximum absolute atomic E-state index is 12.8. The van der Waals surface area contributed by atoms with Crippen LogP contribution >= 0.6 is 11.8 Å². The normalized spacial score (nSPS) is 12.0. The average molecular weight is 333 g/mol. The highest BCUT2D eigenvalue weighted by Crippen LogP contribution is 2.21. The van der Waals surface area contributed by atoms with Crippen molar-refractivity contribution in [3.63, 3.8) is 0 Å². The van der Waals surface area contributed by atoms with Crippen LogP contribution in [0, 0.1) is 26.6 Å². The summed E-state index contributed by atoms with van der Waals surface area (Å²) in [6.07, 6.45) is 0. The summed E-state index contributed by atoms with van der Waals surface area (Å²) in [5, 5.41) is 3.14. The summed E-state index contributed by atoms with van der Waals surface area (Å²) in [6, 6.07) is 6.07. The van der Waals surface area contributed by atoms with Crippen molar-refractivity contribution >= 4 is 17.7 Å². The Hall–Kier alpha value is -1.95. The monoisotopic (exact) mass is 333 g/mol. The third-order valence-corrected chi connectivity index (χ3v) is 4.60. The number of nitrogens with zero attached hydrogens (tertiary/aromatic N) is 2. The Kier molecular flexibility index (Phi) is 5.71. The molecule has 0 spiro atoms. The van der Waals surface area contributed by atoms with E-state index in [2.05, 4.69) is 15.3 Å². The third kappa shape index (κ3) is 4.76. The van der Waals surface area contributed by atoms with Crippen LogP contribution in [0.25, 0.3) is 0 Å². The zero-order chi connectivity index (χ0) is 17.0. The van der Waals surface area contributed by atoms with Gasteiger partial charge in [-0.3, -0.25) is 4.79 Å². The van der Waals surface area contributed by atoms with E-state index in [1.165, 1.54) is 23.9 Å². The van der Waals surface area contributed by atoms with E-state index in [0.717, 1.165) is 22.5 Å². The smallest absolute Gasteiger partial charge is 0.233 e. The van der Waals surface area contributed by atoms with Crippen LogP contribution in [0.3, 0.4) is 0 Å². The molecule has 1 heterocycles. The SMILES string of the molecule is Cc1nc(S[C@@H](C)C(=O)NCc2ccc(F)cc2)nc(C)c1C. The molecule has 2 aromatic rings. The number of carbonyl (C=O) groups is 1. The first-order chi connectivity index (χ1) is 10.9. The minimum absolute atomic E-state index is 0.0983. The largest absolute Gasteiger partial charge is 0.351 e. The van der Waals surface area contributed by atoms with Gasteiger partial charge in [-0.05, 0) is 51.0 Å². The number of benzene rings is 1. The van der Waals surface area contributed by atoms with E-state index in [0.29, 0.717) is 11.7 Å². The number of aromatic nitrogens is 2. The van der Waals surface area contributed by atoms with Crippen LogP contribution in [-0.2, 0) is 11.3 Å². The van der Waals surface area contributed by atoms with Crippen molar-refractivity contribution in [1.29, 1.82) is 0 Å². The highest BCUT2D eigenvalue weighted by atomic mass is 32.2. The lowest BCUT2D eigenvalue weighted by Crippen LogP contribution is -2.30. The molecule has 0 saturated heterocycles. The van der Waals surface area contributed by atoms with Gasteiger partial charge in [0, 0.05) is 17.9 Å². The first-order valence-electron chi connectivity index (χ1n) is 7.37. The van der Waals surface area contributed by atoms with Crippen molar-refractivity contribution in [2.75, 3.05) is 0 Å². The number of amides is 1. The molecule has 6 heteroatoms. The second-order valence-corrected chi connectivity index (χ2v) is 6.71. The molecule has 0 aliphatic rings. The van der Waals surface area contributed by atoms with E-state index < -0.39 is 0 Å². The molecule has 0 aliphatic heterocycles. The second kappa shape index (κ2) is 7.55. The fraction of sp³-hybridized carbons (Fsp3) is 0.353. The van der Waals surface area contributed by atoms with Gasteiger partial charge in [-0.1, -0.05) is 23.9 Å². The number of aryl methyl sites for hydroxylation is 2. The summed E-state index contributed by atoms with van der Waals surface area (Å²) in [4.78, 5) is 21.0. The van der Waals surface area contributed by atoms with Crippen molar-refractivity contribution in [3.05, 3.63) is 52.6 Å². The predicted molar refractivity (Wildman–Crippen MR) is 89.8 cm³/mol. The number of hydrogen-bond acceptors (Lipinski definition) is 4. The predicted octanol–water partition coefficient (Wildman–Crippen LogP) is 3.34. The molecule has 1 aromatic carbocycles. The average Bonchev–Trinajstić information content (AvgIpc) is 2.51. The zero-order valence-corrected chi connectivity index (χ0v) is 14.5. The van der Waals surface area contributed by atoms with E-state index in [4.69, 9.17) is 0 Å². The Balaban J connectivity index is 1.93. The molecule has 0 unspecified atom stereocenters. The molecular formula is C17H20FN3OS. The molecule has 1 aromatic heterocycles. The lowest BCUT2D eigenvalue weighted by atomic mass is 10.2. The van der Waals surface area contributed by atoms with Crippen LogP contribution in [0.1, 0.15) is 29.4 Å². The molecule has 0 aliphatic carbocycles. The summed E-state index contributed by atoms with van der Waals surface area (Å²) in [5.74, 6) is -0.384. The number of rotatable bonds is 5. The molecule has 1 amide bonds. The minimum Gasteiger partial charge on any atom is -0.351 e. The van der Waals surface area contributed by atoms with Gasteiger partial charge in [0.05, 0.1) is 5.25 Å². The Bertz CT molecular complexity index is 680. The standard InChI is InChI=1S/C17H20FN3OS/c1-10-11(2)20-17(21-12(10)3)23-13(4)16(22)19-9-14-5-7-15(18)8-6-14/h5-8,13H,9H2,1-4H3,(H,19,22)/t13-/m0/s1. The summed E-state index contributed by atoms with van der Waals surface area (Å²) < 4.78 is 12.8. The van der Waals surface area contributed by atoms with Gasteiger partial charge in [-0.15, -0.1) is 0 Å². The molecule has 0 bridgehead atoms. The molecule has 1 atom stereocenters. The molecule has 23 heavy (non-hydrogen) atoms. The summed E-state index contributed by atoms with van der Waals surface area (Å²) in [7, 11) is 0. The molecule has 2 rings (SSSR count). The number of carbonyl (C=O) groups excluding carboxylic acids is 1. The van der Waals surface area contributed by atoms with E-state index >= 15 is 0 Å². The molecular weight excluding hydrogens is 313 g/mol. The van der Waals surface area contributed by atoms with E-state index in [1.54, 1.807) is 12.1 Å². The highest BCUT2D eigenvalue weighted by Gasteiger charge is 2.16. The molecule has 122 valence electrons. The Morgan fingerprint density at radius 3 is 2.30 bits per heavy atom. The highest BCUT2D eigenvalue weighted by molar-refractivity contribution is 8.00. The Morgan fingerprint density at radius 1 is 1.17 bits per heavy atom. The van der Waals surface area contributed by atoms with Crippen molar-refractivity contribution in [2.45, 2.75) is 44.6 Å². The van der Waals surface area contributed by atoms with Gasteiger partial charge in [0.2, 0.25) is 5.91 Å². The fourth-order valence-corrected chi connectivity index (χ4v) is 2.83. The van der Waals surface area contributed by atoms with Crippen molar-refractivity contribution in [1.82, 2.24) is 15.3 Å². The lowest BCUT2D eigenvalue weighted by Gasteiger charge is -2.12. The maximum atomic E-state index is 12.8. The Morgan fingerprint density at radius 2 is 1.74 bits per heavy atom. The van der Waals surface area contributed by atoms with Gasteiger partial charge in [0.15, 0.2) is 5.16 Å². The molecule has 0 fully saturated rings. The summed E-state index contributed by atoms with van der Waals surface area (Å²) >= 11 is 1.33. The number of halogens is 1. The first-order valence-corrected chi connectivity index (χ1v) is 8.25. The van der Waals surface area contributed by atoms with Gasteiger partial charge >= 0.3 is 0 Å². The topological polar surface area (TPSA) is 54.9 Å². The maximum Gasteiger partial charge on any atom is 0.233 e. The van der Waals surface area contributed by atoms with Gasteiger partial charge in [-0.2, -0.15) is 0 Å². The van der Waals surface area contributed by atoms with Crippen LogP contribution in [-0.4, -0.2) is 21.1 Å². The van der Waals surface area contributed by atoms with Crippen molar-refractivity contribution in [2.24, 2.45) is 0 Å². The summed E-state index contributed by atoms with van der Waals surface area (Å²) in [6.45, 7) is 8.05. The first kappa shape index (κ1) is 17.4. The van der Waals surface area contributed by atoms with E-state index in [-0.39, 0.29) is 17.0 Å². The zero-order valence-electron chi connectivity index (χ0n) is 13.7. The quantitative estimate of drug-likeness (QED) is 0.673. The third-order valence-electron chi connectivity index (χ3n) is 3.64. The second-order valence-electron chi connectivity index (χ2n) is 5.41. The van der Waals surface area contributed by atoms with E-state index in [9.17, 15) is 9.18 Å². The van der Waals surface area contributed by atoms with Crippen LogP contribution < -0.4 is 5.32 Å². The molecule has 0 saturated carbocycles. The van der Waals surface area contributed by atoms with Gasteiger partial charge < -0.3 is 5.32 Å². The van der Waals surface area contributed by atoms with Crippen LogP contribution in [0.15, 0.2) is 29.4 Å². The van der Waals surface area contributed by atoms with Crippen molar-refractivity contribution < 1.29 is 9.18 Å². The van der Waals surface area contributed by atoms with Gasteiger partial charge in [-0.25, -0.2) is 14.4 Å². The molecule has 0 radical (unpaired) electrons. The molecule has 1 N–H and O–H groups in total. The van der Waals surface area contributed by atoms with Gasteiger partial charge in [0.1, 0.15) is 5.82 Å². The number of nitrogens with one attached hydrogen (secondary N) is 1. The van der Waals surface area contributed by atoms with Gasteiger partial charge in [0.25, 0.3) is 0 Å². The molecule has 4 nitrogen and oxygen atoms in total.